The molecular formula is C21H28BrN5O3S. The van der Waals surface area contributed by atoms with Gasteiger partial charge in [-0.2, -0.15) is 4.98 Å². The number of hydrogen-bond acceptors (Lipinski definition) is 7. The Labute approximate surface area is 193 Å². The number of aromatic nitrogens is 2. The molecule has 2 aliphatic rings. The Hall–Kier alpha value is -1.75. The van der Waals surface area contributed by atoms with Gasteiger partial charge in [0.2, 0.25) is 5.95 Å². The van der Waals surface area contributed by atoms with E-state index in [9.17, 15) is 9.35 Å². The molecule has 1 fully saturated rings. The molecule has 4 rings (SSSR count). The van der Waals surface area contributed by atoms with Crippen LogP contribution in [-0.4, -0.2) is 37.5 Å². The van der Waals surface area contributed by atoms with Gasteiger partial charge in [0.25, 0.3) is 5.56 Å². The van der Waals surface area contributed by atoms with Gasteiger partial charge in [0, 0.05) is 49.9 Å². The molecule has 2 aliphatic heterocycles. The predicted molar refractivity (Wildman–Crippen MR) is 127 cm³/mol. The number of fused-ring (bicyclic) bond motifs is 1. The second-order valence-electron chi connectivity index (χ2n) is 9.10. The molecule has 3 N–H and O–H groups in total. The van der Waals surface area contributed by atoms with Crippen LogP contribution < -0.4 is 25.7 Å². The van der Waals surface area contributed by atoms with Crippen LogP contribution in [0.2, 0.25) is 0 Å². The third-order valence-electron chi connectivity index (χ3n) is 5.98. The number of nitrogens with zero attached hydrogens (tertiary/aromatic N) is 3. The van der Waals surface area contributed by atoms with Crippen LogP contribution in [0.4, 0.5) is 11.8 Å². The van der Waals surface area contributed by atoms with E-state index in [1.807, 2.05) is 45.0 Å². The van der Waals surface area contributed by atoms with E-state index in [2.05, 4.69) is 30.5 Å². The molecule has 0 unspecified atom stereocenters. The van der Waals surface area contributed by atoms with Crippen molar-refractivity contribution >= 4 is 39.1 Å². The maximum atomic E-state index is 13.0. The number of ether oxygens (including phenoxy) is 1. The van der Waals surface area contributed by atoms with Gasteiger partial charge >= 0.3 is 0 Å². The fraction of sp³-hybridized carbons (Fsp3) is 0.524. The van der Waals surface area contributed by atoms with Gasteiger partial charge < -0.3 is 19.9 Å². The lowest BCUT2D eigenvalue weighted by Gasteiger charge is -2.43. The molecular weight excluding hydrogens is 482 g/mol. The Kier molecular flexibility index (Phi) is 5.78. The lowest BCUT2D eigenvalue weighted by atomic mass is 9.83. The van der Waals surface area contributed by atoms with Gasteiger partial charge in [0.15, 0.2) is 0 Å². The summed E-state index contributed by atoms with van der Waals surface area (Å²) in [5.74, 6) is 1.56. The van der Waals surface area contributed by atoms with Crippen LogP contribution in [0.3, 0.4) is 0 Å². The number of rotatable bonds is 3. The molecule has 2 atom stereocenters. The van der Waals surface area contributed by atoms with Crippen molar-refractivity contribution in [1.29, 1.82) is 0 Å². The standard InChI is InChI=1S/C21H28BrN5O3S/c1-20(2,3)31(29)25-16-13-7-5-6-8-14(13)30-21(16)9-11-27(12-10-21)19-24-17(23)15(22)18(28)26(19)4/h5-8,16,25H,9-12,23H2,1-4H3/t16-,31-/m1/s1. The van der Waals surface area contributed by atoms with Crippen LogP contribution in [0.1, 0.15) is 45.2 Å². The van der Waals surface area contributed by atoms with Crippen LogP contribution in [0.15, 0.2) is 33.5 Å². The molecule has 3 heterocycles. The topological polar surface area (TPSA) is 108 Å². The quantitative estimate of drug-likeness (QED) is 0.612. The number of para-hydroxylation sites is 1. The van der Waals surface area contributed by atoms with Gasteiger partial charge in [-0.1, -0.05) is 18.2 Å². The first-order valence-corrected chi connectivity index (χ1v) is 12.2. The zero-order valence-electron chi connectivity index (χ0n) is 18.1. The van der Waals surface area contributed by atoms with Crippen molar-refractivity contribution in [2.75, 3.05) is 23.7 Å². The summed E-state index contributed by atoms with van der Waals surface area (Å²) in [4.78, 5) is 18.9. The maximum absolute atomic E-state index is 13.0. The smallest absolute Gasteiger partial charge is 0.271 e. The zero-order chi connectivity index (χ0) is 22.6. The summed E-state index contributed by atoms with van der Waals surface area (Å²) in [6.07, 6.45) is 1.37. The summed E-state index contributed by atoms with van der Waals surface area (Å²) in [6.45, 7) is 7.14. The van der Waals surface area contributed by atoms with Crippen LogP contribution in [0, 0.1) is 0 Å². The minimum Gasteiger partial charge on any atom is -0.598 e. The van der Waals surface area contributed by atoms with Crippen LogP contribution >= 0.6 is 15.9 Å². The number of nitrogens with one attached hydrogen (secondary N) is 1. The number of hydrogen-bond donors (Lipinski definition) is 2. The third-order valence-corrected chi connectivity index (χ3v) is 8.29. The van der Waals surface area contributed by atoms with E-state index >= 15 is 0 Å². The molecule has 0 amide bonds. The fourth-order valence-corrected chi connectivity index (χ4v) is 5.43. The van der Waals surface area contributed by atoms with E-state index in [1.165, 1.54) is 4.57 Å². The van der Waals surface area contributed by atoms with E-state index < -0.39 is 21.7 Å². The van der Waals surface area contributed by atoms with Crippen molar-refractivity contribution in [1.82, 2.24) is 14.3 Å². The molecule has 10 heteroatoms. The van der Waals surface area contributed by atoms with Crippen molar-refractivity contribution in [3.63, 3.8) is 0 Å². The molecule has 2 aromatic rings. The lowest BCUT2D eigenvalue weighted by molar-refractivity contribution is 0.0376. The Morgan fingerprint density at radius 3 is 2.61 bits per heavy atom. The highest BCUT2D eigenvalue weighted by Crippen LogP contribution is 2.49. The SMILES string of the molecule is Cn1c(N2CCC3(CC2)Oc2ccccc2[C@H]3N[S@+]([O-])C(C)(C)C)nc(N)c(Br)c1=O. The largest absolute Gasteiger partial charge is 0.598 e. The first-order valence-electron chi connectivity index (χ1n) is 10.3. The first-order chi connectivity index (χ1) is 14.5. The maximum Gasteiger partial charge on any atom is 0.271 e. The minimum atomic E-state index is -1.24. The summed E-state index contributed by atoms with van der Waals surface area (Å²) in [5.41, 5.74) is 6.23. The summed E-state index contributed by atoms with van der Waals surface area (Å²) in [6, 6.07) is 7.75. The highest BCUT2D eigenvalue weighted by atomic mass is 79.9. The van der Waals surface area contributed by atoms with Gasteiger partial charge in [-0.15, -0.1) is 4.72 Å². The summed E-state index contributed by atoms with van der Waals surface area (Å²) in [7, 11) is 1.69. The summed E-state index contributed by atoms with van der Waals surface area (Å²) in [5, 5.41) is 0. The van der Waals surface area contributed by atoms with Crippen molar-refractivity contribution in [3.8, 4) is 5.75 Å². The molecule has 1 spiro atoms. The van der Waals surface area contributed by atoms with Crippen molar-refractivity contribution in [2.24, 2.45) is 7.05 Å². The Balaban J connectivity index is 1.61. The highest BCUT2D eigenvalue weighted by molar-refractivity contribution is 9.10. The Morgan fingerprint density at radius 2 is 1.97 bits per heavy atom. The summed E-state index contributed by atoms with van der Waals surface area (Å²) < 4.78 is 24.2. The third kappa shape index (κ3) is 3.94. The Bertz CT molecular complexity index is 1050. The van der Waals surface area contributed by atoms with Crippen LogP contribution in [0.25, 0.3) is 0 Å². The van der Waals surface area contributed by atoms with E-state index in [0.29, 0.717) is 31.9 Å². The Morgan fingerprint density at radius 1 is 1.32 bits per heavy atom. The van der Waals surface area contributed by atoms with Crippen molar-refractivity contribution in [2.45, 2.75) is 50.0 Å². The lowest BCUT2D eigenvalue weighted by Crippen LogP contribution is -2.55. The fourth-order valence-electron chi connectivity index (χ4n) is 4.17. The van der Waals surface area contributed by atoms with E-state index in [4.69, 9.17) is 10.5 Å². The van der Waals surface area contributed by atoms with Crippen LogP contribution in [-0.2, 0) is 18.4 Å². The number of nitrogens with two attached hydrogens (primary N) is 1. The molecule has 0 radical (unpaired) electrons. The molecule has 0 aliphatic carbocycles. The predicted octanol–water partition coefficient (Wildman–Crippen LogP) is 2.65. The average Bonchev–Trinajstić information content (AvgIpc) is 3.02. The van der Waals surface area contributed by atoms with Gasteiger partial charge in [-0.3, -0.25) is 9.36 Å². The molecule has 0 saturated carbocycles. The highest BCUT2D eigenvalue weighted by Gasteiger charge is 2.53. The number of benzene rings is 1. The normalized spacial score (nSPS) is 21.1. The molecule has 1 aromatic heterocycles. The van der Waals surface area contributed by atoms with Crippen LogP contribution in [0.5, 0.6) is 5.75 Å². The van der Waals surface area contributed by atoms with Crippen molar-refractivity contribution < 1.29 is 9.29 Å². The number of piperidine rings is 1. The first kappa shape index (κ1) is 22.4. The zero-order valence-corrected chi connectivity index (χ0v) is 20.5. The monoisotopic (exact) mass is 509 g/mol. The number of anilines is 2. The van der Waals surface area contributed by atoms with Gasteiger partial charge in [-0.05, 0) is 42.8 Å². The molecule has 0 bridgehead atoms. The summed E-state index contributed by atoms with van der Waals surface area (Å²) >= 11 is 1.96. The van der Waals surface area contributed by atoms with Gasteiger partial charge in [-0.25, -0.2) is 0 Å². The second kappa shape index (κ2) is 7.99. The van der Waals surface area contributed by atoms with Crippen molar-refractivity contribution in [3.05, 3.63) is 44.7 Å². The number of halogens is 1. The minimum absolute atomic E-state index is 0.183. The molecule has 168 valence electrons. The second-order valence-corrected chi connectivity index (χ2v) is 11.9. The molecule has 1 saturated heterocycles. The van der Waals surface area contributed by atoms with Gasteiger partial charge in [0.1, 0.15) is 32.4 Å². The molecule has 8 nitrogen and oxygen atoms in total. The number of nitrogen functional groups attached to an aromatic ring is 1. The van der Waals surface area contributed by atoms with E-state index in [-0.39, 0.29) is 21.9 Å². The average molecular weight is 510 g/mol. The molecule has 1 aromatic carbocycles. The van der Waals surface area contributed by atoms with Gasteiger partial charge in [0.05, 0.1) is 0 Å². The van der Waals surface area contributed by atoms with E-state index in [1.54, 1.807) is 7.05 Å². The molecule has 31 heavy (non-hydrogen) atoms. The van der Waals surface area contributed by atoms with E-state index in [0.717, 1.165) is 11.3 Å².